The average molecular weight is 284 g/mol. The van der Waals surface area contributed by atoms with Gasteiger partial charge in [0.2, 0.25) is 0 Å². The van der Waals surface area contributed by atoms with Crippen LogP contribution in [-0.2, 0) is 6.54 Å². The largest absolute Gasteiger partial charge is 0.465 e. The van der Waals surface area contributed by atoms with Crippen molar-refractivity contribution >= 4 is 21.8 Å². The number of furan rings is 2. The van der Waals surface area contributed by atoms with Gasteiger partial charge in [-0.2, -0.15) is 0 Å². The Kier molecular flexibility index (Phi) is 3.14. The highest BCUT2D eigenvalue weighted by Crippen LogP contribution is 2.14. The van der Waals surface area contributed by atoms with E-state index in [4.69, 9.17) is 8.83 Å². The van der Waals surface area contributed by atoms with Gasteiger partial charge in [-0.3, -0.25) is 4.79 Å². The molecule has 4 nitrogen and oxygen atoms in total. The molecule has 0 unspecified atom stereocenters. The lowest BCUT2D eigenvalue weighted by Gasteiger charge is -1.99. The van der Waals surface area contributed by atoms with Gasteiger partial charge in [0, 0.05) is 0 Å². The van der Waals surface area contributed by atoms with E-state index in [1.807, 2.05) is 19.1 Å². The van der Waals surface area contributed by atoms with Crippen LogP contribution in [0.1, 0.15) is 22.1 Å². The molecule has 0 saturated carbocycles. The molecule has 5 heteroatoms. The number of amides is 1. The van der Waals surface area contributed by atoms with Crippen LogP contribution in [0.25, 0.3) is 0 Å². The van der Waals surface area contributed by atoms with Crippen molar-refractivity contribution in [2.75, 3.05) is 0 Å². The Hall–Kier alpha value is -1.49. The number of rotatable bonds is 3. The highest BCUT2D eigenvalue weighted by Gasteiger charge is 2.10. The molecule has 2 aromatic heterocycles. The molecule has 0 spiro atoms. The number of hydrogen-bond donors (Lipinski definition) is 1. The molecule has 2 heterocycles. The third-order valence-corrected chi connectivity index (χ3v) is 2.44. The van der Waals surface area contributed by atoms with Crippen LogP contribution in [0, 0.1) is 6.92 Å². The lowest BCUT2D eigenvalue weighted by atomic mass is 10.4. The second kappa shape index (κ2) is 4.57. The Morgan fingerprint density at radius 1 is 1.31 bits per heavy atom. The number of aryl methyl sites for hydroxylation is 1. The minimum absolute atomic E-state index is 0.264. The van der Waals surface area contributed by atoms with Gasteiger partial charge in [0.15, 0.2) is 10.4 Å². The first-order valence-corrected chi connectivity index (χ1v) is 5.53. The normalized spacial score (nSPS) is 10.4. The van der Waals surface area contributed by atoms with Crippen molar-refractivity contribution in [2.24, 2.45) is 0 Å². The monoisotopic (exact) mass is 283 g/mol. The summed E-state index contributed by atoms with van der Waals surface area (Å²) in [6.45, 7) is 2.21. The molecule has 0 atom stereocenters. The summed E-state index contributed by atoms with van der Waals surface area (Å²) in [5, 5.41) is 2.69. The van der Waals surface area contributed by atoms with E-state index in [-0.39, 0.29) is 11.7 Å². The molecule has 16 heavy (non-hydrogen) atoms. The zero-order valence-electron chi connectivity index (χ0n) is 8.62. The van der Waals surface area contributed by atoms with Gasteiger partial charge < -0.3 is 14.2 Å². The van der Waals surface area contributed by atoms with E-state index in [1.54, 1.807) is 12.1 Å². The van der Waals surface area contributed by atoms with Crippen molar-refractivity contribution in [3.05, 3.63) is 46.2 Å². The summed E-state index contributed by atoms with van der Waals surface area (Å²) in [4.78, 5) is 11.6. The van der Waals surface area contributed by atoms with E-state index in [1.165, 1.54) is 0 Å². The molecule has 1 N–H and O–H groups in total. The summed E-state index contributed by atoms with van der Waals surface area (Å²) in [6.07, 6.45) is 0. The summed E-state index contributed by atoms with van der Waals surface area (Å²) < 4.78 is 11.0. The highest BCUT2D eigenvalue weighted by molar-refractivity contribution is 9.10. The average Bonchev–Trinajstić information content (AvgIpc) is 2.84. The predicted octanol–water partition coefficient (Wildman–Crippen LogP) is 2.87. The van der Waals surface area contributed by atoms with Crippen molar-refractivity contribution in [1.29, 1.82) is 0 Å². The SMILES string of the molecule is Cc1ccc(CNC(=O)c2ccc(Br)o2)o1. The van der Waals surface area contributed by atoms with E-state index < -0.39 is 0 Å². The van der Waals surface area contributed by atoms with Gasteiger partial charge in [-0.05, 0) is 47.1 Å². The van der Waals surface area contributed by atoms with Gasteiger partial charge in [-0.25, -0.2) is 0 Å². The van der Waals surface area contributed by atoms with Gasteiger partial charge in [0.1, 0.15) is 11.5 Å². The first-order chi connectivity index (χ1) is 7.65. The second-order valence-corrected chi connectivity index (χ2v) is 4.08. The summed E-state index contributed by atoms with van der Waals surface area (Å²) in [6, 6.07) is 6.96. The molecule has 0 aliphatic carbocycles. The van der Waals surface area contributed by atoms with Crippen LogP contribution < -0.4 is 5.32 Å². The van der Waals surface area contributed by atoms with Crippen molar-refractivity contribution < 1.29 is 13.6 Å². The molecule has 2 rings (SSSR count). The standard InChI is InChI=1S/C11H10BrNO3/c1-7-2-3-8(15-7)6-13-11(14)9-4-5-10(12)16-9/h2-5H,6H2,1H3,(H,13,14). The molecule has 0 saturated heterocycles. The lowest BCUT2D eigenvalue weighted by molar-refractivity contribution is 0.0919. The molecule has 84 valence electrons. The van der Waals surface area contributed by atoms with Crippen LogP contribution in [0.4, 0.5) is 0 Å². The van der Waals surface area contributed by atoms with Crippen molar-refractivity contribution in [3.63, 3.8) is 0 Å². The van der Waals surface area contributed by atoms with Crippen LogP contribution in [0.5, 0.6) is 0 Å². The fraction of sp³-hybridized carbons (Fsp3) is 0.182. The van der Waals surface area contributed by atoms with Crippen molar-refractivity contribution in [1.82, 2.24) is 5.32 Å². The quantitative estimate of drug-likeness (QED) is 0.942. The zero-order valence-corrected chi connectivity index (χ0v) is 10.2. The summed E-state index contributed by atoms with van der Waals surface area (Å²) in [5.74, 6) is 1.55. The van der Waals surface area contributed by atoms with Gasteiger partial charge in [-0.1, -0.05) is 0 Å². The number of halogens is 1. The summed E-state index contributed by atoms with van der Waals surface area (Å²) in [7, 11) is 0. The summed E-state index contributed by atoms with van der Waals surface area (Å²) >= 11 is 3.13. The van der Waals surface area contributed by atoms with Crippen LogP contribution >= 0.6 is 15.9 Å². The molecule has 1 amide bonds. The molecular weight excluding hydrogens is 274 g/mol. The topological polar surface area (TPSA) is 55.4 Å². The molecule has 0 aliphatic rings. The van der Waals surface area contributed by atoms with Crippen molar-refractivity contribution in [2.45, 2.75) is 13.5 Å². The van der Waals surface area contributed by atoms with E-state index in [0.717, 1.165) is 11.5 Å². The van der Waals surface area contributed by atoms with E-state index >= 15 is 0 Å². The van der Waals surface area contributed by atoms with Crippen LogP contribution in [0.15, 0.2) is 37.8 Å². The minimum atomic E-state index is -0.264. The van der Waals surface area contributed by atoms with E-state index in [0.29, 0.717) is 11.2 Å². The van der Waals surface area contributed by atoms with Gasteiger partial charge in [0.25, 0.3) is 5.91 Å². The Labute approximate surface area is 101 Å². The predicted molar refractivity (Wildman–Crippen MR) is 61.0 cm³/mol. The number of nitrogens with one attached hydrogen (secondary N) is 1. The van der Waals surface area contributed by atoms with E-state index in [9.17, 15) is 4.79 Å². The molecule has 0 fully saturated rings. The first-order valence-electron chi connectivity index (χ1n) is 4.74. The fourth-order valence-corrected chi connectivity index (χ4v) is 1.58. The van der Waals surface area contributed by atoms with Crippen LogP contribution in [0.2, 0.25) is 0 Å². The molecule has 0 aromatic carbocycles. The summed E-state index contributed by atoms with van der Waals surface area (Å²) in [5.41, 5.74) is 0. The number of carbonyl (C=O) groups excluding carboxylic acids is 1. The zero-order chi connectivity index (χ0) is 11.5. The van der Waals surface area contributed by atoms with Gasteiger partial charge in [0.05, 0.1) is 6.54 Å². The highest BCUT2D eigenvalue weighted by atomic mass is 79.9. The lowest BCUT2D eigenvalue weighted by Crippen LogP contribution is -2.21. The maximum Gasteiger partial charge on any atom is 0.287 e. The number of hydrogen-bond acceptors (Lipinski definition) is 3. The smallest absolute Gasteiger partial charge is 0.287 e. The van der Waals surface area contributed by atoms with Crippen LogP contribution in [0.3, 0.4) is 0 Å². The molecule has 0 aliphatic heterocycles. The van der Waals surface area contributed by atoms with Crippen molar-refractivity contribution in [3.8, 4) is 0 Å². The maximum absolute atomic E-state index is 11.6. The molecule has 0 radical (unpaired) electrons. The molecule has 2 aromatic rings. The Balaban J connectivity index is 1.93. The Bertz CT molecular complexity index is 501. The Morgan fingerprint density at radius 2 is 2.12 bits per heavy atom. The third-order valence-electron chi connectivity index (χ3n) is 2.02. The third kappa shape index (κ3) is 2.55. The van der Waals surface area contributed by atoms with Crippen LogP contribution in [-0.4, -0.2) is 5.91 Å². The first kappa shape index (κ1) is 11.0. The fourth-order valence-electron chi connectivity index (χ4n) is 1.27. The van der Waals surface area contributed by atoms with Gasteiger partial charge >= 0.3 is 0 Å². The Morgan fingerprint density at radius 3 is 2.69 bits per heavy atom. The second-order valence-electron chi connectivity index (χ2n) is 3.30. The molecular formula is C11H10BrNO3. The van der Waals surface area contributed by atoms with E-state index in [2.05, 4.69) is 21.2 Å². The molecule has 0 bridgehead atoms. The maximum atomic E-state index is 11.6. The van der Waals surface area contributed by atoms with Gasteiger partial charge in [-0.15, -0.1) is 0 Å². The minimum Gasteiger partial charge on any atom is -0.465 e. The number of carbonyl (C=O) groups is 1.